The largest absolute Gasteiger partial charge is 0.342 e. The monoisotopic (exact) mass is 460 g/mol. The lowest BCUT2D eigenvalue weighted by molar-refractivity contribution is -0.123. The van der Waals surface area contributed by atoms with Crippen LogP contribution in [0.2, 0.25) is 0 Å². The van der Waals surface area contributed by atoms with Crippen molar-refractivity contribution in [1.29, 1.82) is 0 Å². The summed E-state index contributed by atoms with van der Waals surface area (Å²) in [6.07, 6.45) is 3.52. The number of imide groups is 1. The third kappa shape index (κ3) is 4.07. The van der Waals surface area contributed by atoms with Gasteiger partial charge in [-0.15, -0.1) is 0 Å². The Morgan fingerprint density at radius 3 is 2.09 bits per heavy atom. The van der Waals surface area contributed by atoms with Crippen molar-refractivity contribution in [3.8, 4) is 0 Å². The molecule has 1 saturated heterocycles. The SMILES string of the molecule is O=C1S/C(=C\c2cn(Cc3ccccc3F)c3ccccc23)C(=O)N1Cc1ccccc1F. The summed E-state index contributed by atoms with van der Waals surface area (Å²) < 4.78 is 30.2. The number of thioether (sulfide) groups is 1. The minimum absolute atomic E-state index is 0.121. The van der Waals surface area contributed by atoms with Gasteiger partial charge in [0, 0.05) is 33.8 Å². The van der Waals surface area contributed by atoms with Crippen molar-refractivity contribution in [2.75, 3.05) is 0 Å². The minimum atomic E-state index is -0.461. The lowest BCUT2D eigenvalue weighted by atomic mass is 10.1. The van der Waals surface area contributed by atoms with Gasteiger partial charge in [0.25, 0.3) is 11.1 Å². The van der Waals surface area contributed by atoms with Crippen molar-refractivity contribution in [3.05, 3.63) is 112 Å². The van der Waals surface area contributed by atoms with E-state index in [9.17, 15) is 18.4 Å². The van der Waals surface area contributed by atoms with Crippen LogP contribution in [0, 0.1) is 11.6 Å². The highest BCUT2D eigenvalue weighted by Crippen LogP contribution is 2.35. The number of aromatic nitrogens is 1. The first-order valence-electron chi connectivity index (χ1n) is 10.3. The molecular weight excluding hydrogens is 442 g/mol. The first-order chi connectivity index (χ1) is 16.0. The van der Waals surface area contributed by atoms with E-state index in [1.807, 2.05) is 35.0 Å². The molecule has 0 radical (unpaired) electrons. The summed E-state index contributed by atoms with van der Waals surface area (Å²) in [6.45, 7) is 0.208. The van der Waals surface area contributed by atoms with Gasteiger partial charge in [-0.3, -0.25) is 14.5 Å². The Hall–Kier alpha value is -3.71. The fraction of sp³-hybridized carbons (Fsp3) is 0.0769. The predicted octanol–water partition coefficient (Wildman–Crippen LogP) is 6.20. The molecule has 1 aliphatic rings. The Kier molecular flexibility index (Phi) is 5.56. The van der Waals surface area contributed by atoms with Crippen molar-refractivity contribution in [3.63, 3.8) is 0 Å². The standard InChI is InChI=1S/C26H18F2N2O2S/c27-21-10-4-1-7-17(21)14-29-15-19(20-9-3-6-12-23(20)29)13-24-25(31)30(26(32)33-24)16-18-8-2-5-11-22(18)28/h1-13,15H,14,16H2/b24-13-. The maximum Gasteiger partial charge on any atom is 0.293 e. The Labute approximate surface area is 193 Å². The topological polar surface area (TPSA) is 42.3 Å². The van der Waals surface area contributed by atoms with Crippen molar-refractivity contribution < 1.29 is 18.4 Å². The number of carbonyl (C=O) groups is 2. The van der Waals surface area contributed by atoms with Crippen LogP contribution in [0.25, 0.3) is 17.0 Å². The molecule has 2 heterocycles. The highest BCUT2D eigenvalue weighted by Gasteiger charge is 2.35. The molecule has 0 spiro atoms. The fourth-order valence-corrected chi connectivity index (χ4v) is 4.73. The van der Waals surface area contributed by atoms with Crippen molar-refractivity contribution >= 4 is 39.9 Å². The number of carbonyl (C=O) groups excluding carboxylic acids is 2. The second-order valence-corrected chi connectivity index (χ2v) is 8.67. The molecule has 1 aliphatic heterocycles. The van der Waals surface area contributed by atoms with Gasteiger partial charge in [-0.05, 0) is 36.0 Å². The average molecular weight is 461 g/mol. The van der Waals surface area contributed by atoms with Crippen LogP contribution in [0.4, 0.5) is 13.6 Å². The van der Waals surface area contributed by atoms with Crippen LogP contribution >= 0.6 is 11.8 Å². The zero-order valence-electron chi connectivity index (χ0n) is 17.4. The first-order valence-corrected chi connectivity index (χ1v) is 11.1. The number of nitrogens with zero attached hydrogens (tertiary/aromatic N) is 2. The molecule has 1 fully saturated rings. The first kappa shape index (κ1) is 21.2. The Morgan fingerprint density at radius 2 is 1.39 bits per heavy atom. The molecule has 0 bridgehead atoms. The van der Waals surface area contributed by atoms with Gasteiger partial charge >= 0.3 is 0 Å². The smallest absolute Gasteiger partial charge is 0.293 e. The van der Waals surface area contributed by atoms with Gasteiger partial charge in [-0.25, -0.2) is 8.78 Å². The Morgan fingerprint density at radius 1 is 0.788 bits per heavy atom. The zero-order valence-corrected chi connectivity index (χ0v) is 18.2. The molecule has 164 valence electrons. The molecule has 4 nitrogen and oxygen atoms in total. The summed E-state index contributed by atoms with van der Waals surface area (Å²) in [6, 6.07) is 20.3. The molecule has 0 atom stereocenters. The number of fused-ring (bicyclic) bond motifs is 1. The van der Waals surface area contributed by atoms with Gasteiger partial charge in [-0.1, -0.05) is 54.6 Å². The second-order valence-electron chi connectivity index (χ2n) is 7.68. The molecule has 0 unspecified atom stereocenters. The Bertz CT molecular complexity index is 1430. The van der Waals surface area contributed by atoms with Gasteiger partial charge in [0.05, 0.1) is 18.0 Å². The number of rotatable bonds is 5. The van der Waals surface area contributed by atoms with E-state index in [0.717, 1.165) is 33.1 Å². The van der Waals surface area contributed by atoms with Crippen LogP contribution in [0.1, 0.15) is 16.7 Å². The molecule has 5 rings (SSSR count). The maximum atomic E-state index is 14.2. The van der Waals surface area contributed by atoms with Crippen molar-refractivity contribution in [2.24, 2.45) is 0 Å². The zero-order chi connectivity index (χ0) is 22.9. The normalized spacial score (nSPS) is 15.2. The molecule has 0 aliphatic carbocycles. The van der Waals surface area contributed by atoms with Crippen LogP contribution in [0.3, 0.4) is 0 Å². The average Bonchev–Trinajstić information content (AvgIpc) is 3.29. The molecule has 1 aromatic heterocycles. The van der Waals surface area contributed by atoms with E-state index >= 15 is 0 Å². The van der Waals surface area contributed by atoms with E-state index in [-0.39, 0.29) is 22.8 Å². The fourth-order valence-electron chi connectivity index (χ4n) is 3.91. The summed E-state index contributed by atoms with van der Waals surface area (Å²) in [5.74, 6) is -1.21. The predicted molar refractivity (Wildman–Crippen MR) is 125 cm³/mol. The number of amides is 2. The molecule has 2 amide bonds. The van der Waals surface area contributed by atoms with Crippen LogP contribution in [-0.4, -0.2) is 20.6 Å². The highest BCUT2D eigenvalue weighted by molar-refractivity contribution is 8.18. The molecule has 33 heavy (non-hydrogen) atoms. The van der Waals surface area contributed by atoms with Gasteiger partial charge in [0.1, 0.15) is 11.6 Å². The highest BCUT2D eigenvalue weighted by atomic mass is 32.2. The van der Waals surface area contributed by atoms with Gasteiger partial charge in [0.15, 0.2) is 0 Å². The van der Waals surface area contributed by atoms with Crippen molar-refractivity contribution in [2.45, 2.75) is 13.1 Å². The minimum Gasteiger partial charge on any atom is -0.342 e. The van der Waals surface area contributed by atoms with Gasteiger partial charge < -0.3 is 4.57 Å². The van der Waals surface area contributed by atoms with E-state index in [0.29, 0.717) is 12.1 Å². The van der Waals surface area contributed by atoms with Crippen LogP contribution in [0.5, 0.6) is 0 Å². The summed E-state index contributed by atoms with van der Waals surface area (Å²) in [7, 11) is 0. The van der Waals surface area contributed by atoms with E-state index in [2.05, 4.69) is 0 Å². The summed E-state index contributed by atoms with van der Waals surface area (Å²) in [4.78, 5) is 26.8. The quantitative estimate of drug-likeness (QED) is 0.333. The molecule has 7 heteroatoms. The van der Waals surface area contributed by atoms with Crippen LogP contribution in [-0.2, 0) is 17.9 Å². The van der Waals surface area contributed by atoms with E-state index in [1.54, 1.807) is 42.5 Å². The molecule has 3 aromatic carbocycles. The summed E-state index contributed by atoms with van der Waals surface area (Å²) in [5.41, 5.74) is 2.47. The number of hydrogen-bond donors (Lipinski definition) is 0. The third-order valence-corrected chi connectivity index (χ3v) is 6.47. The van der Waals surface area contributed by atoms with Gasteiger partial charge in [0.2, 0.25) is 0 Å². The number of para-hydroxylation sites is 1. The lowest BCUT2D eigenvalue weighted by Crippen LogP contribution is -2.27. The van der Waals surface area contributed by atoms with E-state index < -0.39 is 17.0 Å². The maximum absolute atomic E-state index is 14.2. The van der Waals surface area contributed by atoms with E-state index in [4.69, 9.17) is 0 Å². The van der Waals surface area contributed by atoms with Gasteiger partial charge in [-0.2, -0.15) is 0 Å². The Balaban J connectivity index is 1.48. The van der Waals surface area contributed by atoms with Crippen LogP contribution < -0.4 is 0 Å². The van der Waals surface area contributed by atoms with E-state index in [1.165, 1.54) is 12.1 Å². The number of halogens is 2. The molecule has 4 aromatic rings. The molecule has 0 saturated carbocycles. The molecule has 0 N–H and O–H groups in total. The summed E-state index contributed by atoms with van der Waals surface area (Å²) in [5, 5.41) is 0.444. The second kappa shape index (κ2) is 8.67. The molecular formula is C26H18F2N2O2S. The van der Waals surface area contributed by atoms with Crippen LogP contribution in [0.15, 0.2) is 83.9 Å². The summed E-state index contributed by atoms with van der Waals surface area (Å²) >= 11 is 0.833. The van der Waals surface area contributed by atoms with Crippen molar-refractivity contribution in [1.82, 2.24) is 9.47 Å². The number of hydrogen-bond acceptors (Lipinski definition) is 3. The third-order valence-electron chi connectivity index (χ3n) is 5.56. The lowest BCUT2D eigenvalue weighted by Gasteiger charge is -2.12. The number of benzene rings is 3.